The van der Waals surface area contributed by atoms with Gasteiger partial charge >= 0.3 is 5.97 Å². The number of esters is 1. The highest BCUT2D eigenvalue weighted by atomic mass is 16.7. The molecule has 0 aromatic heterocycles. The number of methoxy groups -OCH3 is 1. The van der Waals surface area contributed by atoms with Crippen LogP contribution in [0.5, 0.6) is 0 Å². The fourth-order valence-corrected chi connectivity index (χ4v) is 1.37. The largest absolute Gasteiger partial charge is 0.462 e. The molecule has 1 unspecified atom stereocenters. The lowest BCUT2D eigenvalue weighted by Crippen LogP contribution is -2.31. The number of carbonyl (C=O) groups excluding carboxylic acids is 1. The van der Waals surface area contributed by atoms with E-state index in [1.54, 1.807) is 20.8 Å². The van der Waals surface area contributed by atoms with Gasteiger partial charge in [-0.2, -0.15) is 0 Å². The van der Waals surface area contributed by atoms with Crippen LogP contribution in [0.2, 0.25) is 0 Å². The molecule has 0 bridgehead atoms. The predicted octanol–water partition coefficient (Wildman–Crippen LogP) is 0.698. The zero-order chi connectivity index (χ0) is 12.3. The molecule has 1 heterocycles. The summed E-state index contributed by atoms with van der Waals surface area (Å²) in [5, 5.41) is 9.61. The van der Waals surface area contributed by atoms with Gasteiger partial charge in [0.1, 0.15) is 12.7 Å². The normalized spacial score (nSPS) is 30.4. The van der Waals surface area contributed by atoms with Crippen molar-refractivity contribution in [3.63, 3.8) is 0 Å². The molecule has 1 aliphatic heterocycles. The summed E-state index contributed by atoms with van der Waals surface area (Å²) in [6.45, 7) is 5.40. The van der Waals surface area contributed by atoms with Gasteiger partial charge in [0.25, 0.3) is 0 Å². The fourth-order valence-electron chi connectivity index (χ4n) is 1.37. The van der Waals surface area contributed by atoms with Crippen molar-refractivity contribution in [1.29, 1.82) is 0 Å². The molecule has 1 N–H and O–H groups in total. The van der Waals surface area contributed by atoms with E-state index >= 15 is 0 Å². The third-order valence-corrected chi connectivity index (χ3v) is 2.44. The summed E-state index contributed by atoms with van der Waals surface area (Å²) in [4.78, 5) is 11.5. The Morgan fingerprint density at radius 1 is 1.50 bits per heavy atom. The third-order valence-electron chi connectivity index (χ3n) is 2.44. The topological polar surface area (TPSA) is 65.0 Å². The Morgan fingerprint density at radius 2 is 2.12 bits per heavy atom. The minimum absolute atomic E-state index is 0.0666. The van der Waals surface area contributed by atoms with Crippen molar-refractivity contribution in [2.45, 2.75) is 45.7 Å². The Balaban J connectivity index is 2.36. The van der Waals surface area contributed by atoms with E-state index < -0.39 is 23.9 Å². The van der Waals surface area contributed by atoms with Crippen molar-refractivity contribution < 1.29 is 24.1 Å². The second-order valence-electron chi connectivity index (χ2n) is 4.99. The van der Waals surface area contributed by atoms with E-state index in [-0.39, 0.29) is 12.6 Å². The van der Waals surface area contributed by atoms with Crippen LogP contribution in [0.1, 0.15) is 27.2 Å². The van der Waals surface area contributed by atoms with E-state index in [0.717, 1.165) is 0 Å². The highest BCUT2D eigenvalue weighted by Crippen LogP contribution is 2.22. The van der Waals surface area contributed by atoms with E-state index in [0.29, 0.717) is 6.42 Å². The molecule has 1 aliphatic rings. The monoisotopic (exact) mass is 232 g/mol. The van der Waals surface area contributed by atoms with Gasteiger partial charge in [-0.15, -0.1) is 0 Å². The molecule has 0 aromatic carbocycles. The lowest BCUT2D eigenvalue weighted by atomic mass is 9.97. The molecule has 0 saturated carbocycles. The average molecular weight is 232 g/mol. The van der Waals surface area contributed by atoms with Crippen LogP contribution in [0.25, 0.3) is 0 Å². The average Bonchev–Trinajstić information content (AvgIpc) is 2.54. The van der Waals surface area contributed by atoms with Crippen LogP contribution in [0.3, 0.4) is 0 Å². The second-order valence-corrected chi connectivity index (χ2v) is 4.99. The van der Waals surface area contributed by atoms with Crippen LogP contribution >= 0.6 is 0 Å². The summed E-state index contributed by atoms with van der Waals surface area (Å²) in [6, 6.07) is 0. The van der Waals surface area contributed by atoms with Crippen molar-refractivity contribution in [2.24, 2.45) is 5.41 Å². The van der Waals surface area contributed by atoms with Gasteiger partial charge in [0.2, 0.25) is 0 Å². The quantitative estimate of drug-likeness (QED) is 0.725. The number of ether oxygens (including phenoxy) is 3. The first-order valence-corrected chi connectivity index (χ1v) is 5.38. The van der Waals surface area contributed by atoms with E-state index in [2.05, 4.69) is 0 Å². The van der Waals surface area contributed by atoms with Crippen molar-refractivity contribution in [2.75, 3.05) is 13.7 Å². The lowest BCUT2D eigenvalue weighted by molar-refractivity contribution is -0.165. The van der Waals surface area contributed by atoms with Crippen LogP contribution in [-0.4, -0.2) is 43.3 Å². The number of aliphatic hydroxyl groups excluding tert-OH is 1. The summed E-state index contributed by atoms with van der Waals surface area (Å²) >= 11 is 0. The Bertz CT molecular complexity index is 245. The molecule has 1 saturated heterocycles. The van der Waals surface area contributed by atoms with Crippen molar-refractivity contribution in [3.8, 4) is 0 Å². The minimum Gasteiger partial charge on any atom is -0.462 e. The van der Waals surface area contributed by atoms with Gasteiger partial charge in [-0.25, -0.2) is 0 Å². The van der Waals surface area contributed by atoms with E-state index in [9.17, 15) is 9.90 Å². The molecule has 5 heteroatoms. The van der Waals surface area contributed by atoms with Gasteiger partial charge in [-0.1, -0.05) is 0 Å². The molecule has 0 spiro atoms. The number of carbonyl (C=O) groups is 1. The Morgan fingerprint density at radius 3 is 2.56 bits per heavy atom. The highest BCUT2D eigenvalue weighted by molar-refractivity contribution is 5.75. The van der Waals surface area contributed by atoms with Gasteiger partial charge in [-0.05, 0) is 20.8 Å². The van der Waals surface area contributed by atoms with Gasteiger partial charge < -0.3 is 19.3 Å². The fraction of sp³-hybridized carbons (Fsp3) is 0.909. The predicted molar refractivity (Wildman–Crippen MR) is 56.7 cm³/mol. The Labute approximate surface area is 95.7 Å². The van der Waals surface area contributed by atoms with Gasteiger partial charge in [0.05, 0.1) is 11.5 Å². The highest BCUT2D eigenvalue weighted by Gasteiger charge is 2.35. The molecule has 3 atom stereocenters. The van der Waals surface area contributed by atoms with E-state index in [1.807, 2.05) is 0 Å². The van der Waals surface area contributed by atoms with Crippen LogP contribution in [-0.2, 0) is 19.0 Å². The van der Waals surface area contributed by atoms with Gasteiger partial charge in [0.15, 0.2) is 6.29 Å². The summed E-state index contributed by atoms with van der Waals surface area (Å²) in [7, 11) is 1.51. The Hall–Kier alpha value is -0.650. The molecule has 0 aromatic rings. The molecule has 5 nitrogen and oxygen atoms in total. The van der Waals surface area contributed by atoms with Crippen LogP contribution < -0.4 is 0 Å². The molecular formula is C11H20O5. The first-order chi connectivity index (χ1) is 7.34. The summed E-state index contributed by atoms with van der Waals surface area (Å²) in [6.07, 6.45) is -1.13. The van der Waals surface area contributed by atoms with Crippen molar-refractivity contribution in [1.82, 2.24) is 0 Å². The lowest BCUT2D eigenvalue weighted by Gasteiger charge is -2.19. The molecule has 1 rings (SSSR count). The third kappa shape index (κ3) is 3.43. The van der Waals surface area contributed by atoms with E-state index in [4.69, 9.17) is 14.2 Å². The summed E-state index contributed by atoms with van der Waals surface area (Å²) < 4.78 is 15.4. The van der Waals surface area contributed by atoms with Crippen molar-refractivity contribution >= 4 is 5.97 Å². The van der Waals surface area contributed by atoms with Crippen LogP contribution in [0.4, 0.5) is 0 Å². The summed E-state index contributed by atoms with van der Waals surface area (Å²) in [5.41, 5.74) is -0.537. The van der Waals surface area contributed by atoms with Crippen molar-refractivity contribution in [3.05, 3.63) is 0 Å². The standard InChI is InChI=1S/C11H20O5/c1-11(2,3)10(13)15-6-8-7(12)5-9(14-4)16-8/h7-9,12H,5-6H2,1-4H3/t7-,8-,9?/m1/s1. The zero-order valence-electron chi connectivity index (χ0n) is 10.2. The second kappa shape index (κ2) is 5.12. The molecule has 94 valence electrons. The minimum atomic E-state index is -0.641. The van der Waals surface area contributed by atoms with Gasteiger partial charge in [0, 0.05) is 13.5 Å². The maximum absolute atomic E-state index is 11.5. The first-order valence-electron chi connectivity index (χ1n) is 5.38. The summed E-state index contributed by atoms with van der Waals surface area (Å²) in [5.74, 6) is -0.302. The van der Waals surface area contributed by atoms with Gasteiger partial charge in [-0.3, -0.25) is 4.79 Å². The molecule has 16 heavy (non-hydrogen) atoms. The smallest absolute Gasteiger partial charge is 0.311 e. The number of rotatable bonds is 3. The van der Waals surface area contributed by atoms with Crippen LogP contribution in [0, 0.1) is 5.41 Å². The first kappa shape index (κ1) is 13.4. The Kier molecular flexibility index (Phi) is 4.29. The number of hydrogen-bond acceptors (Lipinski definition) is 5. The molecule has 1 fully saturated rings. The zero-order valence-corrected chi connectivity index (χ0v) is 10.2. The molecule has 0 amide bonds. The van der Waals surface area contributed by atoms with Crippen LogP contribution in [0.15, 0.2) is 0 Å². The molecule has 0 aliphatic carbocycles. The molecule has 0 radical (unpaired) electrons. The maximum Gasteiger partial charge on any atom is 0.311 e. The SMILES string of the molecule is COC1C[C@@H](O)[C@@H](COC(=O)C(C)(C)C)O1. The molecular weight excluding hydrogens is 212 g/mol. The number of hydrogen-bond donors (Lipinski definition) is 1. The maximum atomic E-state index is 11.5. The number of aliphatic hydroxyl groups is 1. The van der Waals surface area contributed by atoms with E-state index in [1.165, 1.54) is 7.11 Å².